The molecule has 3 atom stereocenters. The Bertz CT molecular complexity index is 944. The Labute approximate surface area is 152 Å². The lowest BCUT2D eigenvalue weighted by atomic mass is 9.87. The summed E-state index contributed by atoms with van der Waals surface area (Å²) < 4.78 is 27.3. The molecule has 26 heavy (non-hydrogen) atoms. The molecule has 0 radical (unpaired) electrons. The van der Waals surface area contributed by atoms with Gasteiger partial charge in [-0.1, -0.05) is 42.0 Å². The van der Waals surface area contributed by atoms with Gasteiger partial charge in [-0.3, -0.25) is 4.79 Å². The molecule has 0 fully saturated rings. The lowest BCUT2D eigenvalue weighted by Gasteiger charge is -2.33. The van der Waals surface area contributed by atoms with E-state index in [2.05, 4.69) is 5.32 Å². The van der Waals surface area contributed by atoms with Crippen LogP contribution < -0.4 is 5.32 Å². The molecule has 2 N–H and O–H groups in total. The minimum atomic E-state index is -3.90. The van der Waals surface area contributed by atoms with Gasteiger partial charge in [0.2, 0.25) is 10.0 Å². The molecule has 1 aromatic rings. The van der Waals surface area contributed by atoms with Gasteiger partial charge in [0.1, 0.15) is 0 Å². The lowest BCUT2D eigenvalue weighted by Crippen LogP contribution is -2.51. The first-order valence-corrected chi connectivity index (χ1v) is 9.99. The third-order valence-corrected chi connectivity index (χ3v) is 7.11. The third kappa shape index (κ3) is 2.59. The average molecular weight is 372 g/mol. The SMILES string of the molecule is Cc1ccc(S(=O)(=O)N2CCC3=C(NC4C=CC=CC34)C2C(=O)O)cc1. The van der Waals surface area contributed by atoms with E-state index in [1.54, 1.807) is 12.1 Å². The molecule has 2 heterocycles. The second-order valence-corrected chi connectivity index (χ2v) is 8.71. The van der Waals surface area contributed by atoms with Crippen molar-refractivity contribution in [1.82, 2.24) is 9.62 Å². The van der Waals surface area contributed by atoms with Gasteiger partial charge in [-0.15, -0.1) is 0 Å². The summed E-state index contributed by atoms with van der Waals surface area (Å²) in [7, 11) is -3.90. The largest absolute Gasteiger partial charge is 0.480 e. The quantitative estimate of drug-likeness (QED) is 0.845. The molecule has 6 nitrogen and oxygen atoms in total. The standard InChI is InChI=1S/C19H20N2O4S/c1-12-6-8-13(9-7-12)26(24,25)21-11-10-15-14-4-2-3-5-16(14)20-17(15)18(21)19(22)23/h2-9,14,16,18,20H,10-11H2,1H3,(H,22,23). The fraction of sp³-hybridized carbons (Fsp3) is 0.316. The molecular weight excluding hydrogens is 352 g/mol. The molecule has 0 saturated carbocycles. The van der Waals surface area contributed by atoms with Crippen LogP contribution in [-0.2, 0) is 14.8 Å². The first-order chi connectivity index (χ1) is 12.4. The van der Waals surface area contributed by atoms with Gasteiger partial charge < -0.3 is 10.4 Å². The van der Waals surface area contributed by atoms with Gasteiger partial charge in [-0.25, -0.2) is 8.42 Å². The number of carboxylic acid groups (broad SMARTS) is 1. The third-order valence-electron chi connectivity index (χ3n) is 5.23. The average Bonchev–Trinajstić information content (AvgIpc) is 2.99. The zero-order valence-corrected chi connectivity index (χ0v) is 15.1. The number of benzene rings is 1. The molecule has 1 aliphatic carbocycles. The zero-order chi connectivity index (χ0) is 18.5. The summed E-state index contributed by atoms with van der Waals surface area (Å²) in [6, 6.07) is 5.26. The molecule has 3 aliphatic rings. The molecule has 0 saturated heterocycles. The highest BCUT2D eigenvalue weighted by Crippen LogP contribution is 2.39. The molecule has 2 aliphatic heterocycles. The van der Waals surface area contributed by atoms with Crippen LogP contribution in [0.4, 0.5) is 0 Å². The van der Waals surface area contributed by atoms with Gasteiger partial charge in [0.25, 0.3) is 0 Å². The monoisotopic (exact) mass is 372 g/mol. The molecule has 136 valence electrons. The van der Waals surface area contributed by atoms with Gasteiger partial charge >= 0.3 is 5.97 Å². The number of nitrogens with one attached hydrogen (secondary N) is 1. The smallest absolute Gasteiger partial charge is 0.328 e. The number of fused-ring (bicyclic) bond motifs is 2. The molecule has 0 aromatic heterocycles. The first-order valence-electron chi connectivity index (χ1n) is 8.55. The highest BCUT2D eigenvalue weighted by atomic mass is 32.2. The van der Waals surface area contributed by atoms with Gasteiger partial charge in [0.15, 0.2) is 6.04 Å². The number of carboxylic acids is 1. The summed E-state index contributed by atoms with van der Waals surface area (Å²) in [5.41, 5.74) is 2.46. The first kappa shape index (κ1) is 17.1. The Morgan fingerprint density at radius 3 is 2.58 bits per heavy atom. The maximum atomic E-state index is 13.1. The predicted molar refractivity (Wildman–Crippen MR) is 96.8 cm³/mol. The van der Waals surface area contributed by atoms with E-state index < -0.39 is 22.0 Å². The van der Waals surface area contributed by atoms with Crippen molar-refractivity contribution >= 4 is 16.0 Å². The van der Waals surface area contributed by atoms with Crippen LogP contribution in [0.15, 0.2) is 64.7 Å². The number of nitrogens with zero attached hydrogens (tertiary/aromatic N) is 1. The Kier molecular flexibility index (Phi) is 4.00. The molecule has 0 amide bonds. The van der Waals surface area contributed by atoms with Gasteiger partial charge in [0.05, 0.1) is 10.9 Å². The van der Waals surface area contributed by atoms with Crippen LogP contribution in [0.2, 0.25) is 0 Å². The predicted octanol–water partition coefficient (Wildman–Crippen LogP) is 1.81. The second-order valence-electron chi connectivity index (χ2n) is 6.82. The Hall–Kier alpha value is -2.38. The zero-order valence-electron chi connectivity index (χ0n) is 14.3. The fourth-order valence-electron chi connectivity index (χ4n) is 3.94. The number of aliphatic carboxylic acids is 1. The molecular formula is C19H20N2O4S. The highest BCUT2D eigenvalue weighted by molar-refractivity contribution is 7.89. The van der Waals surface area contributed by atoms with Crippen LogP contribution in [0, 0.1) is 12.8 Å². The molecule has 7 heteroatoms. The number of allylic oxidation sites excluding steroid dienone is 2. The summed E-state index contributed by atoms with van der Waals surface area (Å²) >= 11 is 0. The Balaban J connectivity index is 1.75. The molecule has 1 aromatic carbocycles. The number of rotatable bonds is 3. The maximum Gasteiger partial charge on any atom is 0.328 e. The highest BCUT2D eigenvalue weighted by Gasteiger charge is 2.47. The van der Waals surface area contributed by atoms with Crippen molar-refractivity contribution in [2.75, 3.05) is 6.54 Å². The molecule has 3 unspecified atom stereocenters. The molecule has 0 spiro atoms. The molecule has 4 rings (SSSR count). The summed E-state index contributed by atoms with van der Waals surface area (Å²) in [6.45, 7) is 2.04. The maximum absolute atomic E-state index is 13.1. The van der Waals surface area contributed by atoms with Crippen LogP contribution in [0.25, 0.3) is 0 Å². The van der Waals surface area contributed by atoms with E-state index in [4.69, 9.17) is 0 Å². The van der Waals surface area contributed by atoms with Gasteiger partial charge in [-0.2, -0.15) is 4.31 Å². The number of aryl methyl sites for hydroxylation is 1. The fourth-order valence-corrected chi connectivity index (χ4v) is 5.50. The van der Waals surface area contributed by atoms with Crippen LogP contribution in [0.3, 0.4) is 0 Å². The van der Waals surface area contributed by atoms with E-state index in [0.717, 1.165) is 15.4 Å². The normalized spacial score (nSPS) is 27.8. The van der Waals surface area contributed by atoms with E-state index in [1.807, 2.05) is 31.2 Å². The number of carbonyl (C=O) groups is 1. The van der Waals surface area contributed by atoms with Crippen molar-refractivity contribution in [2.45, 2.75) is 30.3 Å². The van der Waals surface area contributed by atoms with E-state index >= 15 is 0 Å². The van der Waals surface area contributed by atoms with E-state index in [9.17, 15) is 18.3 Å². The summed E-state index contributed by atoms with van der Waals surface area (Å²) in [5, 5.41) is 13.1. The van der Waals surface area contributed by atoms with Gasteiger partial charge in [-0.05, 0) is 31.1 Å². The van der Waals surface area contributed by atoms with Crippen LogP contribution in [0.1, 0.15) is 12.0 Å². The Morgan fingerprint density at radius 2 is 1.88 bits per heavy atom. The number of hydrogen-bond acceptors (Lipinski definition) is 4. The summed E-state index contributed by atoms with van der Waals surface area (Å²) in [5.74, 6) is -1.06. The minimum Gasteiger partial charge on any atom is -0.480 e. The minimum absolute atomic E-state index is 0.00567. The van der Waals surface area contributed by atoms with Crippen LogP contribution >= 0.6 is 0 Å². The van der Waals surface area contributed by atoms with E-state index in [1.165, 1.54) is 12.1 Å². The van der Waals surface area contributed by atoms with E-state index in [0.29, 0.717) is 12.1 Å². The second kappa shape index (κ2) is 6.10. The summed E-state index contributed by atoms with van der Waals surface area (Å²) in [4.78, 5) is 12.1. The van der Waals surface area contributed by atoms with Crippen molar-refractivity contribution in [3.05, 3.63) is 65.4 Å². The van der Waals surface area contributed by atoms with Crippen LogP contribution in [-0.4, -0.2) is 42.4 Å². The summed E-state index contributed by atoms with van der Waals surface area (Å²) in [6.07, 6.45) is 8.42. The number of sulfonamides is 1. The van der Waals surface area contributed by atoms with Crippen LogP contribution in [0.5, 0.6) is 0 Å². The molecule has 0 bridgehead atoms. The Morgan fingerprint density at radius 1 is 1.19 bits per heavy atom. The van der Waals surface area contributed by atoms with Crippen molar-refractivity contribution in [1.29, 1.82) is 0 Å². The van der Waals surface area contributed by atoms with Crippen molar-refractivity contribution < 1.29 is 18.3 Å². The van der Waals surface area contributed by atoms with Crippen molar-refractivity contribution in [2.24, 2.45) is 5.92 Å². The van der Waals surface area contributed by atoms with Gasteiger partial charge in [0, 0.05) is 18.2 Å². The lowest BCUT2D eigenvalue weighted by molar-refractivity contribution is -0.140. The number of hydrogen-bond donors (Lipinski definition) is 2. The van der Waals surface area contributed by atoms with Crippen molar-refractivity contribution in [3.8, 4) is 0 Å². The topological polar surface area (TPSA) is 86.7 Å². The van der Waals surface area contributed by atoms with E-state index in [-0.39, 0.29) is 23.4 Å². The van der Waals surface area contributed by atoms with Crippen molar-refractivity contribution in [3.63, 3.8) is 0 Å².